The summed E-state index contributed by atoms with van der Waals surface area (Å²) in [7, 11) is -5.31. The summed E-state index contributed by atoms with van der Waals surface area (Å²) < 4.78 is 63.2. The van der Waals surface area contributed by atoms with Crippen LogP contribution < -0.4 is 4.90 Å². The van der Waals surface area contributed by atoms with E-state index in [9.17, 15) is 21.6 Å². The Bertz CT molecular complexity index is 831. The van der Waals surface area contributed by atoms with Crippen molar-refractivity contribution in [3.63, 3.8) is 0 Å². The van der Waals surface area contributed by atoms with Crippen LogP contribution in [0.5, 0.6) is 0 Å². The number of nitrogens with zero attached hydrogens (tertiary/aromatic N) is 3. The van der Waals surface area contributed by atoms with Gasteiger partial charge >= 0.3 is 5.51 Å². The van der Waals surface area contributed by atoms with Crippen molar-refractivity contribution in [1.29, 1.82) is 0 Å². The molecule has 10 heteroatoms. The van der Waals surface area contributed by atoms with Crippen LogP contribution in [0.4, 0.5) is 18.9 Å². The highest BCUT2D eigenvalue weighted by Crippen LogP contribution is 2.31. The Balaban J connectivity index is 1.84. The minimum atomic E-state index is -5.31. The largest absolute Gasteiger partial charge is 0.501 e. The summed E-state index contributed by atoms with van der Waals surface area (Å²) in [5, 5.41) is 0. The van der Waals surface area contributed by atoms with E-state index in [-0.39, 0.29) is 0 Å². The maximum atomic E-state index is 12.5. The van der Waals surface area contributed by atoms with Crippen molar-refractivity contribution in [2.45, 2.75) is 23.5 Å². The van der Waals surface area contributed by atoms with Crippen molar-refractivity contribution in [3.8, 4) is 0 Å². The molecule has 1 aliphatic rings. The Morgan fingerprint density at radius 1 is 1.13 bits per heavy atom. The molecule has 0 spiro atoms. The van der Waals surface area contributed by atoms with Gasteiger partial charge in [-0.2, -0.15) is 13.2 Å². The zero-order chi connectivity index (χ0) is 16.8. The lowest BCUT2D eigenvalue weighted by Gasteiger charge is -2.30. The quantitative estimate of drug-likeness (QED) is 0.764. The van der Waals surface area contributed by atoms with E-state index in [0.29, 0.717) is 25.3 Å². The van der Waals surface area contributed by atoms with Gasteiger partial charge in [-0.25, -0.2) is 13.4 Å². The average molecular weight is 410 g/mol. The van der Waals surface area contributed by atoms with Crippen molar-refractivity contribution in [1.82, 2.24) is 9.55 Å². The van der Waals surface area contributed by atoms with Crippen molar-refractivity contribution in [2.24, 2.45) is 0 Å². The van der Waals surface area contributed by atoms with E-state index in [1.54, 1.807) is 6.20 Å². The Morgan fingerprint density at radius 2 is 1.78 bits per heavy atom. The Hall–Kier alpha value is -1.55. The second kappa shape index (κ2) is 5.52. The SMILES string of the molecule is O=S(=O)(c1ccc(N2CCn3c(Br)cnc3C2)cc1)C(F)(F)F. The predicted molar refractivity (Wildman–Crippen MR) is 80.7 cm³/mol. The lowest BCUT2D eigenvalue weighted by atomic mass is 10.2. The van der Waals surface area contributed by atoms with Crippen molar-refractivity contribution >= 4 is 31.5 Å². The van der Waals surface area contributed by atoms with Crippen molar-refractivity contribution < 1.29 is 21.6 Å². The van der Waals surface area contributed by atoms with Gasteiger partial charge in [0.15, 0.2) is 0 Å². The van der Waals surface area contributed by atoms with E-state index in [0.717, 1.165) is 22.6 Å². The number of hydrogen-bond acceptors (Lipinski definition) is 4. The van der Waals surface area contributed by atoms with Gasteiger partial charge in [0.2, 0.25) is 0 Å². The lowest BCUT2D eigenvalue weighted by Crippen LogP contribution is -2.33. The lowest BCUT2D eigenvalue weighted by molar-refractivity contribution is -0.0436. The summed E-state index contributed by atoms with van der Waals surface area (Å²) in [6, 6.07) is 4.73. The third kappa shape index (κ3) is 2.85. The standard InChI is InChI=1S/C13H11BrF3N3O2S/c14-11-7-18-12-8-19(5-6-20(11)12)9-1-3-10(4-2-9)23(21,22)13(15,16)17/h1-4,7H,5-6,8H2. The van der Waals surface area contributed by atoms with Crippen LogP contribution in [-0.4, -0.2) is 30.0 Å². The summed E-state index contributed by atoms with van der Waals surface area (Å²) >= 11 is 3.39. The number of anilines is 1. The molecular weight excluding hydrogens is 399 g/mol. The van der Waals surface area contributed by atoms with Gasteiger partial charge in [0.05, 0.1) is 17.6 Å². The van der Waals surface area contributed by atoms with Crippen LogP contribution in [0.25, 0.3) is 0 Å². The minimum Gasteiger partial charge on any atom is -0.362 e. The summed E-state index contributed by atoms with van der Waals surface area (Å²) in [6.45, 7) is 1.82. The maximum absolute atomic E-state index is 12.5. The number of halogens is 4. The first-order chi connectivity index (χ1) is 10.7. The zero-order valence-corrected chi connectivity index (χ0v) is 14.0. The molecule has 0 atom stereocenters. The number of rotatable bonds is 2. The first-order valence-electron chi connectivity index (χ1n) is 6.56. The van der Waals surface area contributed by atoms with Gasteiger partial charge in [0.1, 0.15) is 10.4 Å². The van der Waals surface area contributed by atoms with Gasteiger partial charge < -0.3 is 9.47 Å². The first kappa shape index (κ1) is 16.3. The average Bonchev–Trinajstić information content (AvgIpc) is 2.87. The van der Waals surface area contributed by atoms with E-state index in [1.807, 2.05) is 9.47 Å². The number of alkyl halides is 3. The molecule has 0 saturated heterocycles. The van der Waals surface area contributed by atoms with Gasteiger partial charge in [-0.05, 0) is 40.2 Å². The molecule has 2 aromatic rings. The molecule has 1 aliphatic heterocycles. The maximum Gasteiger partial charge on any atom is 0.501 e. The van der Waals surface area contributed by atoms with Gasteiger partial charge in [0, 0.05) is 18.8 Å². The normalized spacial score (nSPS) is 15.6. The number of hydrogen-bond donors (Lipinski definition) is 0. The molecule has 0 radical (unpaired) electrons. The molecule has 0 N–H and O–H groups in total. The Labute approximate surface area is 138 Å². The molecular formula is C13H11BrF3N3O2S. The van der Waals surface area contributed by atoms with Gasteiger partial charge in [0.25, 0.3) is 9.84 Å². The monoisotopic (exact) mass is 409 g/mol. The number of imidazole rings is 1. The van der Waals surface area contributed by atoms with Crippen LogP contribution in [0.2, 0.25) is 0 Å². The first-order valence-corrected chi connectivity index (χ1v) is 8.84. The second-order valence-electron chi connectivity index (χ2n) is 5.01. The fraction of sp³-hybridized carbons (Fsp3) is 0.308. The van der Waals surface area contributed by atoms with Crippen LogP contribution in [0, 0.1) is 0 Å². The van der Waals surface area contributed by atoms with Gasteiger partial charge in [-0.15, -0.1) is 0 Å². The third-order valence-electron chi connectivity index (χ3n) is 3.63. The molecule has 0 bridgehead atoms. The molecule has 5 nitrogen and oxygen atoms in total. The fourth-order valence-corrected chi connectivity index (χ4v) is 3.66. The highest BCUT2D eigenvalue weighted by atomic mass is 79.9. The van der Waals surface area contributed by atoms with Crippen molar-refractivity contribution in [3.05, 3.63) is 40.9 Å². The van der Waals surface area contributed by atoms with E-state index >= 15 is 0 Å². The van der Waals surface area contributed by atoms with Crippen LogP contribution in [0.15, 0.2) is 40.0 Å². The van der Waals surface area contributed by atoms with Crippen LogP contribution in [0.3, 0.4) is 0 Å². The molecule has 0 amide bonds. The molecule has 0 unspecified atom stereocenters. The molecule has 1 aromatic carbocycles. The summed E-state index contributed by atoms with van der Waals surface area (Å²) in [5.74, 6) is 0.829. The third-order valence-corrected chi connectivity index (χ3v) is 5.77. The summed E-state index contributed by atoms with van der Waals surface area (Å²) in [5.41, 5.74) is -4.65. The number of aromatic nitrogens is 2. The molecule has 124 valence electrons. The Morgan fingerprint density at radius 3 is 2.39 bits per heavy atom. The molecule has 3 rings (SSSR count). The van der Waals surface area contributed by atoms with Crippen LogP contribution in [0.1, 0.15) is 5.82 Å². The molecule has 2 heterocycles. The summed E-state index contributed by atoms with van der Waals surface area (Å²) in [6.07, 6.45) is 1.69. The number of sulfone groups is 1. The number of benzene rings is 1. The van der Waals surface area contributed by atoms with E-state index in [1.165, 1.54) is 12.1 Å². The molecule has 0 aliphatic carbocycles. The topological polar surface area (TPSA) is 55.2 Å². The van der Waals surface area contributed by atoms with Crippen molar-refractivity contribution in [2.75, 3.05) is 11.4 Å². The van der Waals surface area contributed by atoms with Gasteiger partial charge in [-0.1, -0.05) is 0 Å². The molecule has 0 fully saturated rings. The van der Waals surface area contributed by atoms with E-state index < -0.39 is 20.2 Å². The van der Waals surface area contributed by atoms with E-state index in [2.05, 4.69) is 20.9 Å². The zero-order valence-electron chi connectivity index (χ0n) is 11.6. The minimum absolute atomic E-state index is 0.497. The smallest absolute Gasteiger partial charge is 0.362 e. The highest BCUT2D eigenvalue weighted by Gasteiger charge is 2.46. The molecule has 1 aromatic heterocycles. The van der Waals surface area contributed by atoms with Crippen LogP contribution >= 0.6 is 15.9 Å². The van der Waals surface area contributed by atoms with E-state index in [4.69, 9.17) is 0 Å². The molecule has 23 heavy (non-hydrogen) atoms. The second-order valence-corrected chi connectivity index (χ2v) is 7.77. The van der Waals surface area contributed by atoms with Gasteiger partial charge in [-0.3, -0.25) is 0 Å². The predicted octanol–water partition coefficient (Wildman–Crippen LogP) is 2.96. The Kier molecular flexibility index (Phi) is 3.91. The van der Waals surface area contributed by atoms with Crippen LogP contribution in [-0.2, 0) is 22.9 Å². The summed E-state index contributed by atoms with van der Waals surface area (Å²) in [4.78, 5) is 5.43. The highest BCUT2D eigenvalue weighted by molar-refractivity contribution is 9.10. The number of fused-ring (bicyclic) bond motifs is 1. The molecule has 0 saturated carbocycles. The fourth-order valence-electron chi connectivity index (χ4n) is 2.41.